The number of Topliss-reactive ketones (excluding diaryl/α,β-unsaturated/α-hetero) is 4. The monoisotopic (exact) mass is 738 g/mol. The number of aliphatic hydroxyl groups is 6. The van der Waals surface area contributed by atoms with Crippen LogP contribution in [0.15, 0.2) is 0 Å². The Hall–Kier alpha value is -3.76. The van der Waals surface area contributed by atoms with E-state index in [0.29, 0.717) is 9.80 Å². The highest BCUT2D eigenvalue weighted by Crippen LogP contribution is 2.34. The second-order valence-electron chi connectivity index (χ2n) is 11.0. The van der Waals surface area contributed by atoms with Crippen LogP contribution in [0.2, 0.25) is 0 Å². The lowest BCUT2D eigenvalue weighted by molar-refractivity contribution is -0.511. The Morgan fingerprint density at radius 2 is 0.608 bits per heavy atom. The molecule has 0 aliphatic heterocycles. The minimum Gasteiger partial charge on any atom is -0.460 e. The molecule has 0 spiro atoms. The van der Waals surface area contributed by atoms with Crippen molar-refractivity contribution in [3.8, 4) is 0 Å². The van der Waals surface area contributed by atoms with Gasteiger partial charge in [0.2, 0.25) is 23.1 Å². The van der Waals surface area contributed by atoms with E-state index in [0.717, 1.165) is 0 Å². The molecular formula is C31H50N2O18. The third-order valence-electron chi connectivity index (χ3n) is 7.23. The molecule has 0 rings (SSSR count). The van der Waals surface area contributed by atoms with Gasteiger partial charge in [0.15, 0.2) is 0 Å². The summed E-state index contributed by atoms with van der Waals surface area (Å²) in [6, 6.07) is 0. The van der Waals surface area contributed by atoms with Gasteiger partial charge in [-0.1, -0.05) is 27.7 Å². The fourth-order valence-electron chi connectivity index (χ4n) is 4.09. The van der Waals surface area contributed by atoms with Crippen LogP contribution in [-0.2, 0) is 57.3 Å². The van der Waals surface area contributed by atoms with Crippen LogP contribution in [0.3, 0.4) is 0 Å². The molecule has 0 saturated carbocycles. The van der Waals surface area contributed by atoms with Crippen molar-refractivity contribution in [1.29, 1.82) is 0 Å². The first kappa shape index (κ1) is 47.2. The normalized spacial score (nSPS) is 12.0. The molecule has 0 bridgehead atoms. The largest absolute Gasteiger partial charge is 0.460 e. The number of nitrogens with zero attached hydrogens (tertiary/aromatic N) is 2. The predicted molar refractivity (Wildman–Crippen MR) is 168 cm³/mol. The molecule has 0 radical (unpaired) electrons. The van der Waals surface area contributed by atoms with Crippen molar-refractivity contribution < 1.29 is 87.9 Å². The van der Waals surface area contributed by atoms with Crippen LogP contribution in [0.1, 0.15) is 79.1 Å². The molecule has 0 aromatic carbocycles. The Morgan fingerprint density at radius 1 is 0.412 bits per heavy atom. The molecule has 0 aromatic heterocycles. The van der Waals surface area contributed by atoms with Gasteiger partial charge in [0.05, 0.1) is 26.4 Å². The number of esters is 4. The molecule has 0 saturated heterocycles. The van der Waals surface area contributed by atoms with Crippen LogP contribution in [0, 0.1) is 0 Å². The third kappa shape index (κ3) is 14.8. The van der Waals surface area contributed by atoms with E-state index in [9.17, 15) is 69.0 Å². The number of hydrogen-bond acceptors (Lipinski definition) is 20. The Bertz CT molecular complexity index is 1050. The summed E-state index contributed by atoms with van der Waals surface area (Å²) in [5.41, 5.74) is 0. The molecule has 51 heavy (non-hydrogen) atoms. The molecule has 0 atom stereocenters. The molecule has 0 fully saturated rings. The molecule has 20 nitrogen and oxygen atoms in total. The lowest BCUT2D eigenvalue weighted by Crippen LogP contribution is -2.78. The van der Waals surface area contributed by atoms with Gasteiger partial charge in [-0.05, 0) is 25.7 Å². The van der Waals surface area contributed by atoms with Crippen molar-refractivity contribution in [2.45, 2.75) is 96.7 Å². The van der Waals surface area contributed by atoms with Gasteiger partial charge in [-0.3, -0.25) is 19.2 Å². The van der Waals surface area contributed by atoms with Crippen molar-refractivity contribution in [2.75, 3.05) is 52.6 Å². The standard InChI is InChI=1S/C31H50N2O18/c1-5-21(34)25(38)48-17-9-13-32(14-10-18-49-26(39)22(35)6-2)30(44,45)29(42,43)31(46,47)33(15-11-19-50-27(40)23(36)7-3)16-12-20-51-28(41)24(37)8-4/h42-47H,5-20H2,1-4H3. The quantitative estimate of drug-likeness (QED) is 0.0155. The van der Waals surface area contributed by atoms with Gasteiger partial charge < -0.3 is 49.6 Å². The minimum absolute atomic E-state index is 0.150. The van der Waals surface area contributed by atoms with Crippen LogP contribution in [0.25, 0.3) is 0 Å². The molecule has 0 unspecified atom stereocenters. The molecular weight excluding hydrogens is 688 g/mol. The number of rotatable bonds is 28. The number of ketones is 4. The topological polar surface area (TPSA) is 301 Å². The SMILES string of the molecule is CCC(=O)C(=O)OCCCN(CCCOC(=O)C(=O)CC)C(O)(O)C(O)(O)C(O)(O)N(CCCOC(=O)C(=O)CC)CCCOC(=O)C(=O)CC. The number of hydrogen-bond donors (Lipinski definition) is 6. The summed E-state index contributed by atoms with van der Waals surface area (Å²) >= 11 is 0. The van der Waals surface area contributed by atoms with E-state index in [-0.39, 0.29) is 51.4 Å². The Kier molecular flexibility index (Phi) is 21.2. The van der Waals surface area contributed by atoms with Crippen molar-refractivity contribution in [3.05, 3.63) is 0 Å². The van der Waals surface area contributed by atoms with Gasteiger partial charge in [0, 0.05) is 51.9 Å². The molecule has 0 amide bonds. The van der Waals surface area contributed by atoms with Crippen LogP contribution in [0.5, 0.6) is 0 Å². The number of ether oxygens (including phenoxy) is 4. The first-order valence-corrected chi connectivity index (χ1v) is 16.4. The van der Waals surface area contributed by atoms with Crippen molar-refractivity contribution in [2.24, 2.45) is 0 Å². The highest BCUT2D eigenvalue weighted by atomic mass is 16.7. The van der Waals surface area contributed by atoms with Crippen LogP contribution in [-0.4, -0.2) is 158 Å². The predicted octanol–water partition coefficient (Wildman–Crippen LogP) is -2.80. The number of carbonyl (C=O) groups excluding carboxylic acids is 8. The first-order valence-electron chi connectivity index (χ1n) is 16.4. The summed E-state index contributed by atoms with van der Waals surface area (Å²) < 4.78 is 19.2. The smallest absolute Gasteiger partial charge is 0.374 e. The first-order chi connectivity index (χ1) is 23.8. The van der Waals surface area contributed by atoms with E-state index < -0.39 is 117 Å². The molecule has 0 aromatic rings. The maximum absolute atomic E-state index is 11.7. The molecule has 0 aliphatic rings. The van der Waals surface area contributed by atoms with Crippen LogP contribution < -0.4 is 0 Å². The summed E-state index contributed by atoms with van der Waals surface area (Å²) in [4.78, 5) is 93.9. The third-order valence-corrected chi connectivity index (χ3v) is 7.23. The van der Waals surface area contributed by atoms with E-state index in [1.165, 1.54) is 27.7 Å². The van der Waals surface area contributed by atoms with Gasteiger partial charge in [-0.2, -0.15) is 0 Å². The van der Waals surface area contributed by atoms with Gasteiger partial charge in [0.1, 0.15) is 0 Å². The van der Waals surface area contributed by atoms with Crippen molar-refractivity contribution in [1.82, 2.24) is 9.80 Å². The zero-order valence-corrected chi connectivity index (χ0v) is 29.3. The van der Waals surface area contributed by atoms with Gasteiger partial charge >= 0.3 is 29.7 Å². The summed E-state index contributed by atoms with van der Waals surface area (Å²) in [7, 11) is 0. The highest BCUT2D eigenvalue weighted by Gasteiger charge is 2.66. The molecule has 292 valence electrons. The van der Waals surface area contributed by atoms with Gasteiger partial charge in [0.25, 0.3) is 11.8 Å². The Balaban J connectivity index is 6.20. The lowest BCUT2D eigenvalue weighted by Gasteiger charge is -2.50. The second-order valence-corrected chi connectivity index (χ2v) is 11.0. The maximum Gasteiger partial charge on any atom is 0.374 e. The average Bonchev–Trinajstić information content (AvgIpc) is 3.10. The number of carbonyl (C=O) groups is 8. The zero-order chi connectivity index (χ0) is 39.4. The van der Waals surface area contributed by atoms with Crippen LogP contribution >= 0.6 is 0 Å². The van der Waals surface area contributed by atoms with Crippen LogP contribution in [0.4, 0.5) is 0 Å². The van der Waals surface area contributed by atoms with E-state index in [1.54, 1.807) is 0 Å². The average molecular weight is 739 g/mol. The zero-order valence-electron chi connectivity index (χ0n) is 29.3. The van der Waals surface area contributed by atoms with E-state index >= 15 is 0 Å². The minimum atomic E-state index is -4.31. The Labute approximate surface area is 294 Å². The van der Waals surface area contributed by atoms with E-state index in [1.807, 2.05) is 0 Å². The van der Waals surface area contributed by atoms with Crippen molar-refractivity contribution >= 4 is 47.0 Å². The second kappa shape index (κ2) is 22.9. The summed E-state index contributed by atoms with van der Waals surface area (Å²) in [5, 5.41) is 66.6. The Morgan fingerprint density at radius 3 is 0.784 bits per heavy atom. The lowest BCUT2D eigenvalue weighted by atomic mass is 10.0. The molecule has 20 heteroatoms. The molecule has 0 heterocycles. The highest BCUT2D eigenvalue weighted by molar-refractivity contribution is 6.34. The fraction of sp³-hybridized carbons (Fsp3) is 0.742. The molecule has 6 N–H and O–H groups in total. The van der Waals surface area contributed by atoms with Gasteiger partial charge in [-0.15, -0.1) is 0 Å². The van der Waals surface area contributed by atoms with Gasteiger partial charge in [-0.25, -0.2) is 29.0 Å². The maximum atomic E-state index is 11.7. The molecule has 0 aliphatic carbocycles. The summed E-state index contributed by atoms with van der Waals surface area (Å²) in [6.07, 6.45) is -1.74. The van der Waals surface area contributed by atoms with E-state index in [2.05, 4.69) is 0 Å². The fourth-order valence-corrected chi connectivity index (χ4v) is 4.09. The summed E-state index contributed by atoms with van der Waals surface area (Å²) in [5.74, 6) is -20.3. The van der Waals surface area contributed by atoms with Crippen molar-refractivity contribution in [3.63, 3.8) is 0 Å². The van der Waals surface area contributed by atoms with E-state index in [4.69, 9.17) is 18.9 Å². The summed E-state index contributed by atoms with van der Waals surface area (Å²) in [6.45, 7) is 1.44.